The van der Waals surface area contributed by atoms with Crippen LogP contribution >= 0.6 is 24.0 Å². The average Bonchev–Trinajstić information content (AvgIpc) is 2.60. The number of nitrogens with one attached hydrogen (secondary N) is 1. The molecule has 1 aromatic carbocycles. The summed E-state index contributed by atoms with van der Waals surface area (Å²) in [7, 11) is 0. The maximum atomic E-state index is 12.7. The zero-order chi connectivity index (χ0) is 20.2. The maximum absolute atomic E-state index is 12.7. The van der Waals surface area contributed by atoms with Crippen LogP contribution < -0.4 is 11.1 Å². The number of benzene rings is 1. The second-order valence-electron chi connectivity index (χ2n) is 7.74. The van der Waals surface area contributed by atoms with Crippen molar-refractivity contribution < 1.29 is 19.8 Å². The van der Waals surface area contributed by atoms with Gasteiger partial charge in [-0.15, -0.1) is 12.4 Å². The summed E-state index contributed by atoms with van der Waals surface area (Å²) in [6.07, 6.45) is 0.206. The fourth-order valence-corrected chi connectivity index (χ4v) is 3.77. The fourth-order valence-electron chi connectivity index (χ4n) is 3.65. The molecule has 0 bridgehead atoms. The Morgan fingerprint density at radius 1 is 1.32 bits per heavy atom. The number of rotatable bonds is 6. The largest absolute Gasteiger partial charge is 0.465 e. The summed E-state index contributed by atoms with van der Waals surface area (Å²) < 4.78 is 0. The Hall–Kier alpha value is -1.54. The second-order valence-corrected chi connectivity index (χ2v) is 8.18. The Kier molecular flexibility index (Phi) is 8.56. The molecule has 2 unspecified atom stereocenters. The van der Waals surface area contributed by atoms with Gasteiger partial charge in [0, 0.05) is 30.1 Å². The Morgan fingerprint density at radius 2 is 1.93 bits per heavy atom. The van der Waals surface area contributed by atoms with Crippen LogP contribution in [0.5, 0.6) is 0 Å². The number of hydrogen-bond acceptors (Lipinski definition) is 4. The number of amides is 2. The van der Waals surface area contributed by atoms with Crippen molar-refractivity contribution in [3.05, 3.63) is 34.9 Å². The molecule has 2 atom stereocenters. The Labute approximate surface area is 176 Å². The summed E-state index contributed by atoms with van der Waals surface area (Å²) in [5.41, 5.74) is 5.15. The minimum absolute atomic E-state index is 0. The molecule has 1 heterocycles. The summed E-state index contributed by atoms with van der Waals surface area (Å²) in [4.78, 5) is 24.8. The lowest BCUT2D eigenvalue weighted by atomic mass is 9.66. The second kappa shape index (κ2) is 9.78. The van der Waals surface area contributed by atoms with Crippen molar-refractivity contribution in [2.24, 2.45) is 11.1 Å². The zero-order valence-corrected chi connectivity index (χ0v) is 17.7. The molecule has 158 valence electrons. The standard InChI is InChI=1S/C19H28ClN3O4.ClH/c1-18(2)12-23(16(24)15(21)4-3-10-22-17(25)26)11-9-19(18,27)13-5-7-14(20)8-6-13;/h5-8,15,22,27H,3-4,9-12,21H2,1-2H3,(H,25,26);1H. The first-order valence-electron chi connectivity index (χ1n) is 9.06. The minimum Gasteiger partial charge on any atom is -0.465 e. The van der Waals surface area contributed by atoms with Gasteiger partial charge in [0.2, 0.25) is 5.91 Å². The van der Waals surface area contributed by atoms with Gasteiger partial charge in [0.1, 0.15) is 0 Å². The first-order chi connectivity index (χ1) is 12.6. The number of halogens is 2. The normalized spacial score (nSPS) is 22.1. The molecule has 0 aliphatic carbocycles. The van der Waals surface area contributed by atoms with Gasteiger partial charge in [-0.25, -0.2) is 4.79 Å². The van der Waals surface area contributed by atoms with Crippen molar-refractivity contribution in [2.45, 2.75) is 44.8 Å². The van der Waals surface area contributed by atoms with Gasteiger partial charge in [-0.3, -0.25) is 4.79 Å². The van der Waals surface area contributed by atoms with E-state index in [0.29, 0.717) is 37.4 Å². The lowest BCUT2D eigenvalue weighted by Crippen LogP contribution is -2.59. The van der Waals surface area contributed by atoms with Crippen LogP contribution in [0.25, 0.3) is 0 Å². The van der Waals surface area contributed by atoms with Crippen molar-refractivity contribution >= 4 is 36.0 Å². The Morgan fingerprint density at radius 3 is 2.46 bits per heavy atom. The predicted molar refractivity (Wildman–Crippen MR) is 111 cm³/mol. The smallest absolute Gasteiger partial charge is 0.404 e. The van der Waals surface area contributed by atoms with E-state index in [1.54, 1.807) is 17.0 Å². The number of carbonyl (C=O) groups excluding carboxylic acids is 1. The molecule has 0 radical (unpaired) electrons. The van der Waals surface area contributed by atoms with E-state index in [1.807, 2.05) is 26.0 Å². The fraction of sp³-hybridized carbons (Fsp3) is 0.579. The molecule has 1 saturated heterocycles. The number of hydrogen-bond donors (Lipinski definition) is 4. The highest BCUT2D eigenvalue weighted by Gasteiger charge is 2.49. The molecule has 28 heavy (non-hydrogen) atoms. The van der Waals surface area contributed by atoms with E-state index in [9.17, 15) is 14.7 Å². The van der Waals surface area contributed by atoms with Gasteiger partial charge >= 0.3 is 6.09 Å². The van der Waals surface area contributed by atoms with E-state index in [0.717, 1.165) is 5.56 Å². The first-order valence-corrected chi connectivity index (χ1v) is 9.44. The first kappa shape index (κ1) is 24.5. The molecule has 2 amide bonds. The Bertz CT molecular complexity index is 684. The van der Waals surface area contributed by atoms with Crippen molar-refractivity contribution in [3.8, 4) is 0 Å². The van der Waals surface area contributed by atoms with Crippen LogP contribution in [0.15, 0.2) is 24.3 Å². The molecule has 0 saturated carbocycles. The third-order valence-corrected chi connectivity index (χ3v) is 5.62. The monoisotopic (exact) mass is 433 g/mol. The zero-order valence-electron chi connectivity index (χ0n) is 16.2. The molecule has 2 rings (SSSR count). The maximum Gasteiger partial charge on any atom is 0.404 e. The van der Waals surface area contributed by atoms with E-state index in [2.05, 4.69) is 5.32 Å². The van der Waals surface area contributed by atoms with Gasteiger partial charge < -0.3 is 26.2 Å². The number of carbonyl (C=O) groups is 2. The van der Waals surface area contributed by atoms with Crippen LogP contribution in [0.4, 0.5) is 4.79 Å². The summed E-state index contributed by atoms with van der Waals surface area (Å²) in [6, 6.07) is 6.47. The minimum atomic E-state index is -1.09. The molecule has 7 nitrogen and oxygen atoms in total. The third kappa shape index (κ3) is 5.50. The molecule has 5 N–H and O–H groups in total. The number of piperidine rings is 1. The molecule has 1 aliphatic heterocycles. The lowest BCUT2D eigenvalue weighted by molar-refractivity contribution is -0.154. The number of carboxylic acid groups (broad SMARTS) is 1. The summed E-state index contributed by atoms with van der Waals surface area (Å²) in [5.74, 6) is -0.170. The number of nitrogens with zero attached hydrogens (tertiary/aromatic N) is 1. The molecule has 0 aromatic heterocycles. The van der Waals surface area contributed by atoms with Crippen LogP contribution in [0.1, 0.15) is 38.7 Å². The van der Waals surface area contributed by atoms with Crippen LogP contribution in [0.2, 0.25) is 5.02 Å². The van der Waals surface area contributed by atoms with Crippen LogP contribution in [0.3, 0.4) is 0 Å². The van der Waals surface area contributed by atoms with Gasteiger partial charge in [-0.05, 0) is 37.0 Å². The quantitative estimate of drug-likeness (QED) is 0.514. The van der Waals surface area contributed by atoms with Crippen LogP contribution in [-0.2, 0) is 10.4 Å². The third-order valence-electron chi connectivity index (χ3n) is 5.37. The average molecular weight is 434 g/mol. The van der Waals surface area contributed by atoms with E-state index in [-0.39, 0.29) is 24.9 Å². The molecular weight excluding hydrogens is 405 g/mol. The Balaban J connectivity index is 0.00000392. The molecule has 1 aliphatic rings. The molecule has 1 aromatic rings. The summed E-state index contributed by atoms with van der Waals surface area (Å²) in [6.45, 7) is 4.92. The van der Waals surface area contributed by atoms with Crippen molar-refractivity contribution in [2.75, 3.05) is 19.6 Å². The van der Waals surface area contributed by atoms with Gasteiger partial charge in [0.05, 0.1) is 11.6 Å². The molecule has 1 fully saturated rings. The molecular formula is C19H29Cl2N3O4. The van der Waals surface area contributed by atoms with E-state index >= 15 is 0 Å². The highest BCUT2D eigenvalue weighted by Crippen LogP contribution is 2.46. The van der Waals surface area contributed by atoms with Crippen molar-refractivity contribution in [1.29, 1.82) is 0 Å². The van der Waals surface area contributed by atoms with Crippen LogP contribution in [-0.4, -0.2) is 52.8 Å². The van der Waals surface area contributed by atoms with Gasteiger partial charge in [0.15, 0.2) is 0 Å². The SMILES string of the molecule is CC1(C)CN(C(=O)C(N)CCCNC(=O)O)CCC1(O)c1ccc(Cl)cc1.Cl. The van der Waals surface area contributed by atoms with Gasteiger partial charge in [-0.1, -0.05) is 37.6 Å². The molecule has 9 heteroatoms. The van der Waals surface area contributed by atoms with Gasteiger partial charge in [0.25, 0.3) is 0 Å². The highest BCUT2D eigenvalue weighted by molar-refractivity contribution is 6.30. The van der Waals surface area contributed by atoms with E-state index < -0.39 is 23.2 Å². The van der Waals surface area contributed by atoms with E-state index in [4.69, 9.17) is 22.4 Å². The summed E-state index contributed by atoms with van der Waals surface area (Å²) >= 11 is 5.95. The van der Waals surface area contributed by atoms with Crippen LogP contribution in [0, 0.1) is 5.41 Å². The molecule has 0 spiro atoms. The number of nitrogens with two attached hydrogens (primary N) is 1. The summed E-state index contributed by atoms with van der Waals surface area (Å²) in [5, 5.41) is 22.8. The lowest BCUT2D eigenvalue weighted by Gasteiger charge is -2.51. The topological polar surface area (TPSA) is 116 Å². The number of aliphatic hydroxyl groups is 1. The van der Waals surface area contributed by atoms with Crippen molar-refractivity contribution in [1.82, 2.24) is 10.2 Å². The van der Waals surface area contributed by atoms with Crippen molar-refractivity contribution in [3.63, 3.8) is 0 Å². The van der Waals surface area contributed by atoms with Gasteiger partial charge in [-0.2, -0.15) is 0 Å². The number of likely N-dealkylation sites (tertiary alicyclic amines) is 1. The predicted octanol–water partition coefficient (Wildman–Crippen LogP) is 2.58. The van der Waals surface area contributed by atoms with E-state index in [1.165, 1.54) is 0 Å². The highest BCUT2D eigenvalue weighted by atomic mass is 35.5.